The molecule has 3 aromatic rings. The zero-order valence-corrected chi connectivity index (χ0v) is 20.0. The third-order valence-electron chi connectivity index (χ3n) is 4.81. The highest BCUT2D eigenvalue weighted by molar-refractivity contribution is 7.87. The van der Waals surface area contributed by atoms with E-state index in [0.29, 0.717) is 10.6 Å². The van der Waals surface area contributed by atoms with Crippen molar-refractivity contribution in [1.29, 1.82) is 0 Å². The zero-order valence-electron chi connectivity index (χ0n) is 17.6. The Morgan fingerprint density at radius 2 is 1.03 bits per heavy atom. The van der Waals surface area contributed by atoms with Crippen LogP contribution in [0.3, 0.4) is 0 Å². The van der Waals surface area contributed by atoms with Gasteiger partial charge in [0, 0.05) is 10.9 Å². The number of rotatable bonds is 9. The Morgan fingerprint density at radius 3 is 1.41 bits per heavy atom. The molecular formula is C23H23ClO6S2. The number of hydrogen-bond acceptors (Lipinski definition) is 6. The van der Waals surface area contributed by atoms with Crippen molar-refractivity contribution in [1.82, 2.24) is 0 Å². The Morgan fingerprint density at radius 1 is 0.656 bits per heavy atom. The standard InChI is InChI=1S/C23H23ClO6S2/c1-17-3-11-22(12-4-17)31(25,26)29-15-20(19-7-9-21(24)10-8-19)16-30-32(27,28)23-13-5-18(2)6-14-23/h3-14,20H,15-16H2,1-2H3. The van der Waals surface area contributed by atoms with Gasteiger partial charge in [0.25, 0.3) is 20.2 Å². The largest absolute Gasteiger partial charge is 0.296 e. The molecule has 9 heteroatoms. The maximum absolute atomic E-state index is 12.6. The number of aryl methyl sites for hydroxylation is 2. The first-order valence-corrected chi connectivity index (χ1v) is 12.9. The Hall–Kier alpha value is -2.23. The predicted octanol–water partition coefficient (Wildman–Crippen LogP) is 4.85. The second kappa shape index (κ2) is 10.1. The summed E-state index contributed by atoms with van der Waals surface area (Å²) < 4.78 is 60.8. The van der Waals surface area contributed by atoms with Crippen molar-refractivity contribution >= 4 is 31.8 Å². The van der Waals surface area contributed by atoms with Gasteiger partial charge in [0.15, 0.2) is 0 Å². The molecule has 170 valence electrons. The van der Waals surface area contributed by atoms with Crippen LogP contribution in [0.2, 0.25) is 5.02 Å². The van der Waals surface area contributed by atoms with E-state index in [1.807, 2.05) is 13.8 Å². The van der Waals surface area contributed by atoms with Gasteiger partial charge in [-0.05, 0) is 55.8 Å². The number of benzene rings is 3. The van der Waals surface area contributed by atoms with Crippen LogP contribution in [0.15, 0.2) is 82.6 Å². The highest BCUT2D eigenvalue weighted by atomic mass is 35.5. The van der Waals surface area contributed by atoms with Crippen molar-refractivity contribution in [3.05, 3.63) is 94.5 Å². The van der Waals surface area contributed by atoms with Gasteiger partial charge in [-0.25, -0.2) is 0 Å². The van der Waals surface area contributed by atoms with Crippen molar-refractivity contribution in [3.8, 4) is 0 Å². The summed E-state index contributed by atoms with van der Waals surface area (Å²) in [6.45, 7) is 3.09. The second-order valence-electron chi connectivity index (χ2n) is 7.35. The summed E-state index contributed by atoms with van der Waals surface area (Å²) in [6, 6.07) is 19.1. The van der Waals surface area contributed by atoms with E-state index in [4.69, 9.17) is 20.0 Å². The van der Waals surface area contributed by atoms with E-state index in [1.54, 1.807) is 48.5 Å². The van der Waals surface area contributed by atoms with E-state index >= 15 is 0 Å². The van der Waals surface area contributed by atoms with Gasteiger partial charge in [-0.15, -0.1) is 0 Å². The highest BCUT2D eigenvalue weighted by Gasteiger charge is 2.23. The molecule has 0 saturated heterocycles. The zero-order chi connectivity index (χ0) is 23.4. The molecule has 0 aliphatic rings. The average Bonchev–Trinajstić information content (AvgIpc) is 2.75. The molecule has 0 saturated carbocycles. The molecule has 0 atom stereocenters. The van der Waals surface area contributed by atoms with Gasteiger partial charge >= 0.3 is 0 Å². The van der Waals surface area contributed by atoms with Crippen LogP contribution in [0, 0.1) is 13.8 Å². The van der Waals surface area contributed by atoms with Crippen LogP contribution in [0.4, 0.5) is 0 Å². The summed E-state index contributed by atoms with van der Waals surface area (Å²) in [6.07, 6.45) is 0. The van der Waals surface area contributed by atoms with Crippen molar-refractivity contribution in [2.24, 2.45) is 0 Å². The van der Waals surface area contributed by atoms with Gasteiger partial charge in [-0.1, -0.05) is 59.1 Å². The van der Waals surface area contributed by atoms with Crippen LogP contribution < -0.4 is 0 Å². The topological polar surface area (TPSA) is 86.7 Å². The fraction of sp³-hybridized carbons (Fsp3) is 0.217. The number of halogens is 1. The lowest BCUT2D eigenvalue weighted by atomic mass is 10.0. The molecule has 0 fully saturated rings. The van der Waals surface area contributed by atoms with Crippen LogP contribution in [-0.2, 0) is 28.6 Å². The van der Waals surface area contributed by atoms with Gasteiger partial charge in [-0.3, -0.25) is 8.37 Å². The summed E-state index contributed by atoms with van der Waals surface area (Å²) >= 11 is 5.95. The average molecular weight is 495 g/mol. The fourth-order valence-corrected chi connectivity index (χ4v) is 4.89. The van der Waals surface area contributed by atoms with Crippen molar-refractivity contribution in [2.45, 2.75) is 29.6 Å². The molecule has 3 rings (SSSR count). The van der Waals surface area contributed by atoms with Gasteiger partial charge in [0.05, 0.1) is 23.0 Å². The third kappa shape index (κ3) is 6.40. The quantitative estimate of drug-likeness (QED) is 0.395. The van der Waals surface area contributed by atoms with Crippen molar-refractivity contribution in [2.75, 3.05) is 13.2 Å². The molecule has 0 N–H and O–H groups in total. The smallest absolute Gasteiger partial charge is 0.266 e. The molecule has 32 heavy (non-hydrogen) atoms. The van der Waals surface area contributed by atoms with Crippen LogP contribution in [0.25, 0.3) is 0 Å². The normalized spacial score (nSPS) is 12.2. The van der Waals surface area contributed by atoms with Gasteiger partial charge in [0.1, 0.15) is 0 Å². The molecule has 0 spiro atoms. The molecule has 0 heterocycles. The van der Waals surface area contributed by atoms with Crippen molar-refractivity contribution in [3.63, 3.8) is 0 Å². The molecule has 3 aromatic carbocycles. The lowest BCUT2D eigenvalue weighted by molar-refractivity contribution is 0.226. The molecule has 0 amide bonds. The molecular weight excluding hydrogens is 472 g/mol. The van der Waals surface area contributed by atoms with E-state index in [2.05, 4.69) is 0 Å². The predicted molar refractivity (Wildman–Crippen MR) is 123 cm³/mol. The molecule has 0 unspecified atom stereocenters. The Labute approximate surface area is 194 Å². The first kappa shape index (κ1) is 24.4. The first-order valence-electron chi connectivity index (χ1n) is 9.74. The minimum atomic E-state index is -4.03. The van der Waals surface area contributed by atoms with Crippen molar-refractivity contribution < 1.29 is 25.2 Å². The molecule has 0 bridgehead atoms. The van der Waals surface area contributed by atoms with Gasteiger partial charge < -0.3 is 0 Å². The molecule has 0 radical (unpaired) electrons. The summed E-state index contributed by atoms with van der Waals surface area (Å²) in [4.78, 5) is 0.0392. The van der Waals surface area contributed by atoms with Crippen LogP contribution in [0.1, 0.15) is 22.6 Å². The molecule has 0 aliphatic carbocycles. The molecule has 6 nitrogen and oxygen atoms in total. The summed E-state index contributed by atoms with van der Waals surface area (Å²) in [5.74, 6) is -0.673. The highest BCUT2D eigenvalue weighted by Crippen LogP contribution is 2.24. The number of hydrogen-bond donors (Lipinski definition) is 0. The maximum atomic E-state index is 12.6. The molecule has 0 aromatic heterocycles. The van der Waals surface area contributed by atoms with E-state index in [9.17, 15) is 16.8 Å². The van der Waals surface area contributed by atoms with Crippen LogP contribution in [-0.4, -0.2) is 30.0 Å². The minimum Gasteiger partial charge on any atom is -0.266 e. The van der Waals surface area contributed by atoms with E-state index in [-0.39, 0.29) is 23.0 Å². The van der Waals surface area contributed by atoms with E-state index in [1.165, 1.54) is 24.3 Å². The van der Waals surface area contributed by atoms with Gasteiger partial charge in [0.2, 0.25) is 0 Å². The lowest BCUT2D eigenvalue weighted by Gasteiger charge is -2.18. The summed E-state index contributed by atoms with van der Waals surface area (Å²) in [7, 11) is -8.06. The maximum Gasteiger partial charge on any atom is 0.296 e. The fourth-order valence-electron chi connectivity index (χ4n) is 2.86. The summed E-state index contributed by atoms with van der Waals surface area (Å²) in [5, 5.41) is 0.494. The Bertz CT molecular complexity index is 1170. The molecule has 0 aliphatic heterocycles. The Balaban J connectivity index is 1.78. The monoisotopic (exact) mass is 494 g/mol. The Kier molecular flexibility index (Phi) is 7.74. The van der Waals surface area contributed by atoms with E-state index in [0.717, 1.165) is 11.1 Å². The third-order valence-corrected chi connectivity index (χ3v) is 7.65. The second-order valence-corrected chi connectivity index (χ2v) is 11.0. The van der Waals surface area contributed by atoms with Crippen LogP contribution in [0.5, 0.6) is 0 Å². The van der Waals surface area contributed by atoms with E-state index < -0.39 is 26.2 Å². The first-order chi connectivity index (χ1) is 15.1. The lowest BCUT2D eigenvalue weighted by Crippen LogP contribution is -2.20. The van der Waals surface area contributed by atoms with Gasteiger partial charge in [-0.2, -0.15) is 16.8 Å². The summed E-state index contributed by atoms with van der Waals surface area (Å²) in [5.41, 5.74) is 2.46. The minimum absolute atomic E-state index is 0.0196. The SMILES string of the molecule is Cc1ccc(S(=O)(=O)OCC(COS(=O)(=O)c2ccc(C)cc2)c2ccc(Cl)cc2)cc1. The van der Waals surface area contributed by atoms with Crippen LogP contribution >= 0.6 is 11.6 Å².